The van der Waals surface area contributed by atoms with Gasteiger partial charge in [-0.2, -0.15) is 0 Å². The van der Waals surface area contributed by atoms with Gasteiger partial charge in [0.15, 0.2) is 0 Å². The maximum absolute atomic E-state index is 8.67. The van der Waals surface area contributed by atoms with Crippen molar-refractivity contribution >= 4 is 0 Å². The Hall–Kier alpha value is -0.380. The number of aliphatic hydroxyl groups excluding tert-OH is 2. The number of rotatable bonds is 8. The van der Waals surface area contributed by atoms with Crippen LogP contribution in [-0.4, -0.2) is 36.6 Å². The minimum atomic E-state index is -0.131. The van der Waals surface area contributed by atoms with Crippen molar-refractivity contribution in [3.63, 3.8) is 0 Å². The summed E-state index contributed by atoms with van der Waals surface area (Å²) in [7, 11) is 0. The molecule has 0 atom stereocenters. The molecule has 2 N–H and O–H groups in total. The first-order valence-corrected chi connectivity index (χ1v) is 4.25. The molecule has 3 nitrogen and oxygen atoms in total. The maximum atomic E-state index is 8.67. The summed E-state index contributed by atoms with van der Waals surface area (Å²) in [5, 5.41) is 17.3. The summed E-state index contributed by atoms with van der Waals surface area (Å²) >= 11 is 0. The Morgan fingerprint density at radius 1 is 1.33 bits per heavy atom. The van der Waals surface area contributed by atoms with E-state index in [2.05, 4.69) is 6.58 Å². The number of unbranched alkanes of at least 4 members (excludes halogenated alkanes) is 1. The fourth-order valence-electron chi connectivity index (χ4n) is 0.743. The molecule has 0 fully saturated rings. The molecule has 0 spiro atoms. The average molecular weight is 174 g/mol. The van der Waals surface area contributed by atoms with E-state index in [1.54, 1.807) is 0 Å². The molecule has 0 aliphatic heterocycles. The van der Waals surface area contributed by atoms with Gasteiger partial charge in [0, 0.05) is 12.5 Å². The van der Waals surface area contributed by atoms with E-state index in [0.717, 1.165) is 12.8 Å². The second kappa shape index (κ2) is 8.71. The number of allylic oxidation sites excluding steroid dienone is 1. The lowest BCUT2D eigenvalue weighted by Crippen LogP contribution is -2.18. The van der Waals surface area contributed by atoms with Crippen LogP contribution in [0.15, 0.2) is 12.7 Å². The zero-order valence-electron chi connectivity index (χ0n) is 7.41. The van der Waals surface area contributed by atoms with E-state index in [-0.39, 0.29) is 19.1 Å². The molecule has 0 heterocycles. The van der Waals surface area contributed by atoms with Crippen LogP contribution in [0.25, 0.3) is 0 Å². The molecule has 3 heteroatoms. The van der Waals surface area contributed by atoms with Crippen molar-refractivity contribution in [1.29, 1.82) is 0 Å². The quantitative estimate of drug-likeness (QED) is 0.418. The van der Waals surface area contributed by atoms with Crippen LogP contribution in [0.5, 0.6) is 0 Å². The first kappa shape index (κ1) is 11.6. The third-order valence-corrected chi connectivity index (χ3v) is 1.57. The Balaban J connectivity index is 3.11. The summed E-state index contributed by atoms with van der Waals surface area (Å²) in [6, 6.07) is 0. The molecule has 0 aromatic rings. The summed E-state index contributed by atoms with van der Waals surface area (Å²) in [6.07, 6.45) is 3.74. The molecule has 0 aromatic heterocycles. The summed E-state index contributed by atoms with van der Waals surface area (Å²) in [4.78, 5) is 0. The molecule has 0 bridgehead atoms. The van der Waals surface area contributed by atoms with E-state index in [4.69, 9.17) is 14.9 Å². The molecule has 0 aromatic carbocycles. The molecule has 0 aliphatic rings. The minimum Gasteiger partial charge on any atom is -0.396 e. The topological polar surface area (TPSA) is 49.7 Å². The van der Waals surface area contributed by atoms with Gasteiger partial charge in [0.2, 0.25) is 0 Å². The molecule has 0 aliphatic carbocycles. The Bertz CT molecular complexity index is 99.9. The average Bonchev–Trinajstić information content (AvgIpc) is 2.11. The van der Waals surface area contributed by atoms with Gasteiger partial charge in [0.1, 0.15) is 0 Å². The number of ether oxygens (including phenoxy) is 1. The molecule has 12 heavy (non-hydrogen) atoms. The van der Waals surface area contributed by atoms with Gasteiger partial charge in [0.25, 0.3) is 0 Å². The van der Waals surface area contributed by atoms with Gasteiger partial charge >= 0.3 is 0 Å². The van der Waals surface area contributed by atoms with E-state index < -0.39 is 0 Å². The third-order valence-electron chi connectivity index (χ3n) is 1.57. The monoisotopic (exact) mass is 174 g/mol. The fraction of sp³-hybridized carbons (Fsp3) is 0.778. The molecule has 0 amide bonds. The SMILES string of the molecule is C=CCCCOCC(CO)CO. The zero-order chi connectivity index (χ0) is 9.23. The minimum absolute atomic E-state index is 0.0159. The van der Waals surface area contributed by atoms with Crippen LogP contribution in [0.4, 0.5) is 0 Å². The highest BCUT2D eigenvalue weighted by Crippen LogP contribution is 1.96. The Morgan fingerprint density at radius 3 is 2.50 bits per heavy atom. The predicted octanol–water partition coefficient (Wildman–Crippen LogP) is 0.570. The largest absolute Gasteiger partial charge is 0.396 e. The van der Waals surface area contributed by atoms with Crippen molar-refractivity contribution < 1.29 is 14.9 Å². The second-order valence-corrected chi connectivity index (χ2v) is 2.74. The lowest BCUT2D eigenvalue weighted by Gasteiger charge is -2.10. The number of aliphatic hydroxyl groups is 2. The van der Waals surface area contributed by atoms with Crippen LogP contribution in [-0.2, 0) is 4.74 Å². The predicted molar refractivity (Wildman–Crippen MR) is 47.9 cm³/mol. The van der Waals surface area contributed by atoms with Gasteiger partial charge in [-0.05, 0) is 12.8 Å². The standard InChI is InChI=1S/C9H18O3/c1-2-3-4-5-12-8-9(6-10)7-11/h2,9-11H,1,3-8H2. The Kier molecular flexibility index (Phi) is 8.44. The van der Waals surface area contributed by atoms with Crippen LogP contribution < -0.4 is 0 Å². The van der Waals surface area contributed by atoms with Gasteiger partial charge < -0.3 is 14.9 Å². The summed E-state index contributed by atoms with van der Waals surface area (Å²) in [6.45, 7) is 4.66. The first-order chi connectivity index (χ1) is 5.85. The smallest absolute Gasteiger partial charge is 0.0538 e. The Morgan fingerprint density at radius 2 is 2.00 bits per heavy atom. The number of hydrogen-bond donors (Lipinski definition) is 2. The molecule has 0 unspecified atom stereocenters. The molecular formula is C9H18O3. The molecule has 0 saturated heterocycles. The summed E-state index contributed by atoms with van der Waals surface area (Å²) < 4.78 is 5.21. The molecule has 0 saturated carbocycles. The van der Waals surface area contributed by atoms with Gasteiger partial charge in [-0.3, -0.25) is 0 Å². The molecular weight excluding hydrogens is 156 g/mol. The van der Waals surface area contributed by atoms with Crippen LogP contribution in [0, 0.1) is 5.92 Å². The fourth-order valence-corrected chi connectivity index (χ4v) is 0.743. The highest BCUT2D eigenvalue weighted by atomic mass is 16.5. The highest BCUT2D eigenvalue weighted by molar-refractivity contribution is 4.65. The van der Waals surface area contributed by atoms with Gasteiger partial charge in [0.05, 0.1) is 19.8 Å². The maximum Gasteiger partial charge on any atom is 0.0538 e. The van der Waals surface area contributed by atoms with Crippen molar-refractivity contribution in [2.24, 2.45) is 5.92 Å². The summed E-state index contributed by atoms with van der Waals surface area (Å²) in [5.74, 6) is -0.131. The lowest BCUT2D eigenvalue weighted by molar-refractivity contribution is 0.0445. The van der Waals surface area contributed by atoms with E-state index >= 15 is 0 Å². The van der Waals surface area contributed by atoms with Gasteiger partial charge in [-0.1, -0.05) is 6.08 Å². The molecule has 0 radical (unpaired) electrons. The van der Waals surface area contributed by atoms with Crippen LogP contribution >= 0.6 is 0 Å². The van der Waals surface area contributed by atoms with E-state index in [1.165, 1.54) is 0 Å². The van der Waals surface area contributed by atoms with Crippen molar-refractivity contribution in [2.75, 3.05) is 26.4 Å². The van der Waals surface area contributed by atoms with E-state index in [1.807, 2.05) is 6.08 Å². The van der Waals surface area contributed by atoms with E-state index in [0.29, 0.717) is 13.2 Å². The van der Waals surface area contributed by atoms with Crippen LogP contribution in [0.1, 0.15) is 12.8 Å². The normalized spacial score (nSPS) is 10.6. The van der Waals surface area contributed by atoms with Gasteiger partial charge in [-0.15, -0.1) is 6.58 Å². The van der Waals surface area contributed by atoms with Gasteiger partial charge in [-0.25, -0.2) is 0 Å². The number of hydrogen-bond acceptors (Lipinski definition) is 3. The van der Waals surface area contributed by atoms with E-state index in [9.17, 15) is 0 Å². The summed E-state index contributed by atoms with van der Waals surface area (Å²) in [5.41, 5.74) is 0. The van der Waals surface area contributed by atoms with Crippen LogP contribution in [0.3, 0.4) is 0 Å². The zero-order valence-corrected chi connectivity index (χ0v) is 7.41. The Labute approximate surface area is 73.7 Å². The lowest BCUT2D eigenvalue weighted by atomic mass is 10.2. The third kappa shape index (κ3) is 6.34. The van der Waals surface area contributed by atoms with Crippen LogP contribution in [0.2, 0.25) is 0 Å². The van der Waals surface area contributed by atoms with Crippen molar-refractivity contribution in [3.05, 3.63) is 12.7 Å². The van der Waals surface area contributed by atoms with Crippen molar-refractivity contribution in [2.45, 2.75) is 12.8 Å². The molecule has 72 valence electrons. The first-order valence-electron chi connectivity index (χ1n) is 4.25. The molecule has 0 rings (SSSR count). The van der Waals surface area contributed by atoms with Crippen molar-refractivity contribution in [3.8, 4) is 0 Å². The van der Waals surface area contributed by atoms with Crippen molar-refractivity contribution in [1.82, 2.24) is 0 Å². The second-order valence-electron chi connectivity index (χ2n) is 2.74. The highest BCUT2D eigenvalue weighted by Gasteiger charge is 2.04.